The monoisotopic (exact) mass is 267 g/mol. The molecule has 0 aliphatic heterocycles. The average Bonchev–Trinajstić information content (AvgIpc) is 2.53. The highest BCUT2D eigenvalue weighted by atomic mass is 14.9. The zero-order valence-electron chi connectivity index (χ0n) is 12.7. The van der Waals surface area contributed by atoms with Gasteiger partial charge in [-0.1, -0.05) is 80.9 Å². The number of rotatable bonds is 6. The van der Waals surface area contributed by atoms with Gasteiger partial charge in [0.05, 0.1) is 0 Å². The smallest absolute Gasteiger partial charge is 0.0389 e. The summed E-state index contributed by atoms with van der Waals surface area (Å²) >= 11 is 0. The maximum Gasteiger partial charge on any atom is 0.0389 e. The molecule has 0 bridgehead atoms. The predicted octanol–water partition coefficient (Wildman–Crippen LogP) is 4.78. The third-order valence-electron chi connectivity index (χ3n) is 4.27. The Balaban J connectivity index is 2.39. The first kappa shape index (κ1) is 14.8. The van der Waals surface area contributed by atoms with Gasteiger partial charge in [0.15, 0.2) is 0 Å². The Bertz CT molecular complexity index is 492. The molecule has 3 unspecified atom stereocenters. The molecule has 0 spiro atoms. The maximum atomic E-state index is 3.53. The van der Waals surface area contributed by atoms with Crippen LogP contribution >= 0.6 is 0 Å². The zero-order valence-corrected chi connectivity index (χ0v) is 12.7. The van der Waals surface area contributed by atoms with Crippen LogP contribution in [0.1, 0.15) is 43.4 Å². The molecule has 0 aromatic heterocycles. The number of likely N-dealkylation sites (N-methyl/N-ethyl adjacent to an activating group) is 1. The van der Waals surface area contributed by atoms with E-state index in [1.807, 2.05) is 0 Å². The van der Waals surface area contributed by atoms with Gasteiger partial charge in [-0.25, -0.2) is 0 Å². The second kappa shape index (κ2) is 7.25. The van der Waals surface area contributed by atoms with Gasteiger partial charge in [0.1, 0.15) is 0 Å². The highest BCUT2D eigenvalue weighted by Gasteiger charge is 2.27. The Hall–Kier alpha value is -1.60. The van der Waals surface area contributed by atoms with Crippen molar-refractivity contribution >= 4 is 0 Å². The fraction of sp³-hybridized carbons (Fsp3) is 0.368. The molecule has 106 valence electrons. The normalized spacial score (nSPS) is 15.6. The van der Waals surface area contributed by atoms with Crippen LogP contribution in [-0.2, 0) is 0 Å². The Morgan fingerprint density at radius 1 is 0.850 bits per heavy atom. The van der Waals surface area contributed by atoms with E-state index in [1.165, 1.54) is 17.5 Å². The van der Waals surface area contributed by atoms with Crippen molar-refractivity contribution in [1.82, 2.24) is 5.32 Å². The van der Waals surface area contributed by atoms with E-state index in [1.54, 1.807) is 0 Å². The SMILES string of the molecule is CCC(C)C(c1ccccc1)C(NC)c1ccccc1. The summed E-state index contributed by atoms with van der Waals surface area (Å²) in [5.41, 5.74) is 2.79. The fourth-order valence-electron chi connectivity index (χ4n) is 2.99. The lowest BCUT2D eigenvalue weighted by atomic mass is 9.77. The quantitative estimate of drug-likeness (QED) is 0.794. The third kappa shape index (κ3) is 3.29. The Morgan fingerprint density at radius 2 is 1.35 bits per heavy atom. The van der Waals surface area contributed by atoms with E-state index in [9.17, 15) is 0 Å². The first-order valence-electron chi connectivity index (χ1n) is 7.55. The molecule has 0 fully saturated rings. The van der Waals surface area contributed by atoms with Gasteiger partial charge in [-0.15, -0.1) is 0 Å². The maximum absolute atomic E-state index is 3.53. The molecule has 0 saturated heterocycles. The van der Waals surface area contributed by atoms with Gasteiger partial charge in [0.25, 0.3) is 0 Å². The highest BCUT2D eigenvalue weighted by Crippen LogP contribution is 2.38. The van der Waals surface area contributed by atoms with E-state index in [-0.39, 0.29) is 0 Å². The lowest BCUT2D eigenvalue weighted by Gasteiger charge is -2.32. The van der Waals surface area contributed by atoms with Crippen molar-refractivity contribution in [3.8, 4) is 0 Å². The average molecular weight is 267 g/mol. The molecule has 0 radical (unpaired) electrons. The molecular formula is C19H25N. The van der Waals surface area contributed by atoms with Crippen LogP contribution in [0.4, 0.5) is 0 Å². The van der Waals surface area contributed by atoms with Crippen molar-refractivity contribution in [1.29, 1.82) is 0 Å². The molecular weight excluding hydrogens is 242 g/mol. The van der Waals surface area contributed by atoms with E-state index in [4.69, 9.17) is 0 Å². The van der Waals surface area contributed by atoms with Crippen LogP contribution in [0.5, 0.6) is 0 Å². The van der Waals surface area contributed by atoms with Crippen LogP contribution in [0.25, 0.3) is 0 Å². The van der Waals surface area contributed by atoms with Gasteiger partial charge in [-0.3, -0.25) is 0 Å². The number of nitrogens with one attached hydrogen (secondary N) is 1. The minimum atomic E-state index is 0.355. The van der Waals surface area contributed by atoms with Gasteiger partial charge < -0.3 is 5.32 Å². The van der Waals surface area contributed by atoms with Crippen molar-refractivity contribution < 1.29 is 0 Å². The molecule has 2 rings (SSSR count). The standard InChI is InChI=1S/C19H25N/c1-4-15(2)18(16-11-7-5-8-12-16)19(20-3)17-13-9-6-10-14-17/h5-15,18-20H,4H2,1-3H3. The molecule has 2 aromatic rings. The molecule has 1 heteroatoms. The zero-order chi connectivity index (χ0) is 14.4. The van der Waals surface area contributed by atoms with E-state index >= 15 is 0 Å². The first-order chi connectivity index (χ1) is 9.77. The lowest BCUT2D eigenvalue weighted by molar-refractivity contribution is 0.354. The summed E-state index contributed by atoms with van der Waals surface area (Å²) in [5, 5.41) is 3.53. The molecule has 0 saturated carbocycles. The van der Waals surface area contributed by atoms with Gasteiger partial charge >= 0.3 is 0 Å². The molecule has 3 atom stereocenters. The molecule has 0 heterocycles. The van der Waals surface area contributed by atoms with E-state index in [2.05, 4.69) is 86.9 Å². The second-order valence-electron chi connectivity index (χ2n) is 5.50. The van der Waals surface area contributed by atoms with E-state index < -0.39 is 0 Å². The van der Waals surface area contributed by atoms with Gasteiger partial charge in [-0.05, 0) is 24.1 Å². The summed E-state index contributed by atoms with van der Waals surface area (Å²) in [5.74, 6) is 1.13. The minimum Gasteiger partial charge on any atom is -0.312 e. The molecule has 1 nitrogen and oxygen atoms in total. The van der Waals surface area contributed by atoms with Crippen LogP contribution in [0.3, 0.4) is 0 Å². The summed E-state index contributed by atoms with van der Waals surface area (Å²) in [7, 11) is 2.07. The Morgan fingerprint density at radius 3 is 1.80 bits per heavy atom. The van der Waals surface area contributed by atoms with Crippen LogP contribution in [0, 0.1) is 5.92 Å². The fourth-order valence-corrected chi connectivity index (χ4v) is 2.99. The molecule has 2 aromatic carbocycles. The topological polar surface area (TPSA) is 12.0 Å². The molecule has 20 heavy (non-hydrogen) atoms. The predicted molar refractivity (Wildman–Crippen MR) is 86.9 cm³/mol. The van der Waals surface area contributed by atoms with Crippen LogP contribution in [-0.4, -0.2) is 7.05 Å². The highest BCUT2D eigenvalue weighted by molar-refractivity contribution is 5.28. The van der Waals surface area contributed by atoms with Crippen molar-refractivity contribution in [3.05, 3.63) is 71.8 Å². The summed E-state index contributed by atoms with van der Waals surface area (Å²) in [6, 6.07) is 22.0. The van der Waals surface area contributed by atoms with Gasteiger partial charge in [0, 0.05) is 12.0 Å². The molecule has 0 aliphatic rings. The molecule has 1 N–H and O–H groups in total. The lowest BCUT2D eigenvalue weighted by Crippen LogP contribution is -2.28. The summed E-state index contributed by atoms with van der Waals surface area (Å²) in [6.07, 6.45) is 1.19. The number of hydrogen-bond acceptors (Lipinski definition) is 1. The van der Waals surface area contributed by atoms with Crippen molar-refractivity contribution in [2.45, 2.75) is 32.2 Å². The third-order valence-corrected chi connectivity index (χ3v) is 4.27. The van der Waals surface area contributed by atoms with Crippen LogP contribution in [0.2, 0.25) is 0 Å². The summed E-state index contributed by atoms with van der Waals surface area (Å²) < 4.78 is 0. The van der Waals surface area contributed by atoms with Crippen molar-refractivity contribution in [3.63, 3.8) is 0 Å². The summed E-state index contributed by atoms with van der Waals surface area (Å²) in [6.45, 7) is 4.63. The number of hydrogen-bond donors (Lipinski definition) is 1. The van der Waals surface area contributed by atoms with Crippen molar-refractivity contribution in [2.24, 2.45) is 5.92 Å². The van der Waals surface area contributed by atoms with Gasteiger partial charge in [0.2, 0.25) is 0 Å². The number of benzene rings is 2. The Kier molecular flexibility index (Phi) is 5.37. The van der Waals surface area contributed by atoms with Crippen LogP contribution < -0.4 is 5.32 Å². The van der Waals surface area contributed by atoms with Crippen molar-refractivity contribution in [2.75, 3.05) is 7.05 Å². The minimum absolute atomic E-state index is 0.355. The second-order valence-corrected chi connectivity index (χ2v) is 5.50. The summed E-state index contributed by atoms with van der Waals surface area (Å²) in [4.78, 5) is 0. The van der Waals surface area contributed by atoms with E-state index in [0.717, 1.165) is 0 Å². The van der Waals surface area contributed by atoms with E-state index in [0.29, 0.717) is 17.9 Å². The Labute approximate surface area is 123 Å². The van der Waals surface area contributed by atoms with Gasteiger partial charge in [-0.2, -0.15) is 0 Å². The first-order valence-corrected chi connectivity index (χ1v) is 7.55. The van der Waals surface area contributed by atoms with Crippen LogP contribution in [0.15, 0.2) is 60.7 Å². The molecule has 0 amide bonds. The largest absolute Gasteiger partial charge is 0.312 e. The molecule has 0 aliphatic carbocycles.